The molecule has 0 aliphatic rings. The molecule has 0 saturated carbocycles. The van der Waals surface area contributed by atoms with Crippen molar-refractivity contribution in [2.45, 2.75) is 6.92 Å². The van der Waals surface area contributed by atoms with E-state index in [0.29, 0.717) is 0 Å². The summed E-state index contributed by atoms with van der Waals surface area (Å²) < 4.78 is 2.24. The third-order valence-electron chi connectivity index (χ3n) is 4.16. The molecule has 112 valence electrons. The molecule has 0 aliphatic carbocycles. The van der Waals surface area contributed by atoms with Crippen molar-refractivity contribution in [1.82, 2.24) is 4.40 Å². The molecule has 0 spiro atoms. The number of hydrogen-bond acceptors (Lipinski definition) is 0. The van der Waals surface area contributed by atoms with Gasteiger partial charge in [-0.1, -0.05) is 59.6 Å². The van der Waals surface area contributed by atoms with Crippen LogP contribution >= 0.6 is 11.6 Å². The molecule has 0 unspecified atom stereocenters. The van der Waals surface area contributed by atoms with Crippen LogP contribution in [0.1, 0.15) is 5.56 Å². The van der Waals surface area contributed by atoms with Gasteiger partial charge in [-0.05, 0) is 48.4 Å². The number of aromatic nitrogens is 1. The van der Waals surface area contributed by atoms with Gasteiger partial charge >= 0.3 is 0 Å². The summed E-state index contributed by atoms with van der Waals surface area (Å²) in [5, 5.41) is 0.762. The summed E-state index contributed by atoms with van der Waals surface area (Å²) in [5.74, 6) is 0. The maximum Gasteiger partial charge on any atom is 0.0528 e. The van der Waals surface area contributed by atoms with Gasteiger partial charge < -0.3 is 4.40 Å². The monoisotopic (exact) mass is 317 g/mol. The molecule has 2 heteroatoms. The highest BCUT2D eigenvalue weighted by Crippen LogP contribution is 2.28. The minimum absolute atomic E-state index is 0.762. The summed E-state index contributed by atoms with van der Waals surface area (Å²) in [5.41, 5.74) is 7.25. The van der Waals surface area contributed by atoms with E-state index in [1.165, 1.54) is 33.5 Å². The van der Waals surface area contributed by atoms with Gasteiger partial charge in [0.05, 0.1) is 5.69 Å². The van der Waals surface area contributed by atoms with Gasteiger partial charge in [0.25, 0.3) is 0 Å². The Kier molecular flexibility index (Phi) is 3.44. The highest BCUT2D eigenvalue weighted by atomic mass is 35.5. The molecule has 0 atom stereocenters. The first-order valence-electron chi connectivity index (χ1n) is 7.65. The fraction of sp³-hybridized carbons (Fsp3) is 0.0476. The van der Waals surface area contributed by atoms with Crippen molar-refractivity contribution in [2.75, 3.05) is 0 Å². The third kappa shape index (κ3) is 2.64. The molecule has 2 aromatic carbocycles. The average Bonchev–Trinajstić information content (AvgIpc) is 3.00. The van der Waals surface area contributed by atoms with Crippen LogP contribution in [0.4, 0.5) is 0 Å². The maximum atomic E-state index is 5.99. The van der Waals surface area contributed by atoms with E-state index in [2.05, 4.69) is 78.2 Å². The van der Waals surface area contributed by atoms with Gasteiger partial charge in [0, 0.05) is 22.3 Å². The topological polar surface area (TPSA) is 4.41 Å². The number of pyridine rings is 1. The Morgan fingerprint density at radius 3 is 2.17 bits per heavy atom. The fourth-order valence-electron chi connectivity index (χ4n) is 2.89. The van der Waals surface area contributed by atoms with Crippen LogP contribution in [0.5, 0.6) is 0 Å². The number of aryl methyl sites for hydroxylation is 1. The fourth-order valence-corrected chi connectivity index (χ4v) is 3.02. The van der Waals surface area contributed by atoms with Crippen molar-refractivity contribution < 1.29 is 0 Å². The number of nitrogens with zero attached hydrogens (tertiary/aromatic N) is 1. The van der Waals surface area contributed by atoms with Gasteiger partial charge in [-0.25, -0.2) is 0 Å². The van der Waals surface area contributed by atoms with Crippen molar-refractivity contribution >= 4 is 17.1 Å². The Balaban J connectivity index is 1.87. The smallest absolute Gasteiger partial charge is 0.0528 e. The summed E-state index contributed by atoms with van der Waals surface area (Å²) in [6, 6.07) is 25.2. The average molecular weight is 318 g/mol. The predicted molar refractivity (Wildman–Crippen MR) is 98.0 cm³/mol. The predicted octanol–water partition coefficient (Wildman–Crippen LogP) is 6.24. The zero-order valence-corrected chi connectivity index (χ0v) is 13.6. The van der Waals surface area contributed by atoms with E-state index < -0.39 is 0 Å². The van der Waals surface area contributed by atoms with Crippen LogP contribution in [0.3, 0.4) is 0 Å². The molecule has 1 nitrogen and oxygen atoms in total. The molecule has 4 aromatic rings. The SMILES string of the molecule is Cc1ccc(-c2cccc3cc(-c4ccc(Cl)cc4)cn23)cc1. The van der Waals surface area contributed by atoms with E-state index in [9.17, 15) is 0 Å². The summed E-state index contributed by atoms with van der Waals surface area (Å²) in [6.07, 6.45) is 2.19. The zero-order valence-electron chi connectivity index (χ0n) is 12.8. The Hall–Kier alpha value is -2.51. The standard InChI is InChI=1S/C21H16ClN/c1-15-5-7-17(8-6-15)21-4-2-3-20-13-18(14-23(20)21)16-9-11-19(22)12-10-16/h2-14H,1H3. The summed E-state index contributed by atoms with van der Waals surface area (Å²) in [6.45, 7) is 2.11. The van der Waals surface area contributed by atoms with E-state index in [0.717, 1.165) is 5.02 Å². The summed E-state index contributed by atoms with van der Waals surface area (Å²) >= 11 is 5.99. The molecule has 0 fully saturated rings. The van der Waals surface area contributed by atoms with Crippen molar-refractivity contribution in [2.24, 2.45) is 0 Å². The van der Waals surface area contributed by atoms with E-state index in [1.54, 1.807) is 0 Å². The van der Waals surface area contributed by atoms with Crippen molar-refractivity contribution in [3.63, 3.8) is 0 Å². The van der Waals surface area contributed by atoms with E-state index in [4.69, 9.17) is 11.6 Å². The van der Waals surface area contributed by atoms with Crippen LogP contribution in [-0.2, 0) is 0 Å². The van der Waals surface area contributed by atoms with Crippen LogP contribution in [-0.4, -0.2) is 4.40 Å². The second-order valence-corrected chi connectivity index (χ2v) is 6.24. The molecule has 0 bridgehead atoms. The van der Waals surface area contributed by atoms with Crippen molar-refractivity contribution in [3.05, 3.63) is 89.6 Å². The molecular weight excluding hydrogens is 302 g/mol. The minimum atomic E-state index is 0.762. The van der Waals surface area contributed by atoms with E-state index in [-0.39, 0.29) is 0 Å². The molecule has 2 heterocycles. The van der Waals surface area contributed by atoms with Gasteiger partial charge in [0.15, 0.2) is 0 Å². The Morgan fingerprint density at radius 2 is 1.43 bits per heavy atom. The molecule has 0 N–H and O–H groups in total. The second kappa shape index (κ2) is 5.60. The molecule has 0 saturated heterocycles. The largest absolute Gasteiger partial charge is 0.316 e. The van der Waals surface area contributed by atoms with E-state index >= 15 is 0 Å². The van der Waals surface area contributed by atoms with Crippen LogP contribution in [0.2, 0.25) is 5.02 Å². The minimum Gasteiger partial charge on any atom is -0.316 e. The Morgan fingerprint density at radius 1 is 0.739 bits per heavy atom. The molecule has 0 aliphatic heterocycles. The first-order chi connectivity index (χ1) is 11.2. The van der Waals surface area contributed by atoms with Gasteiger partial charge in [-0.3, -0.25) is 0 Å². The third-order valence-corrected chi connectivity index (χ3v) is 4.41. The van der Waals surface area contributed by atoms with Gasteiger partial charge in [-0.15, -0.1) is 0 Å². The Bertz CT molecular complexity index is 963. The highest BCUT2D eigenvalue weighted by molar-refractivity contribution is 6.30. The molecule has 23 heavy (non-hydrogen) atoms. The highest BCUT2D eigenvalue weighted by Gasteiger charge is 2.07. The van der Waals surface area contributed by atoms with Crippen molar-refractivity contribution in [3.8, 4) is 22.4 Å². The summed E-state index contributed by atoms with van der Waals surface area (Å²) in [4.78, 5) is 0. The van der Waals surface area contributed by atoms with Crippen LogP contribution < -0.4 is 0 Å². The van der Waals surface area contributed by atoms with Crippen LogP contribution in [0.25, 0.3) is 27.9 Å². The van der Waals surface area contributed by atoms with Gasteiger partial charge in [0.2, 0.25) is 0 Å². The number of rotatable bonds is 2. The normalized spacial score (nSPS) is 11.0. The second-order valence-electron chi connectivity index (χ2n) is 5.81. The summed E-state index contributed by atoms with van der Waals surface area (Å²) in [7, 11) is 0. The zero-order chi connectivity index (χ0) is 15.8. The first-order valence-corrected chi connectivity index (χ1v) is 8.03. The lowest BCUT2D eigenvalue weighted by Gasteiger charge is -2.06. The van der Waals surface area contributed by atoms with Crippen LogP contribution in [0, 0.1) is 6.92 Å². The number of hydrogen-bond donors (Lipinski definition) is 0. The molecule has 2 aromatic heterocycles. The maximum absolute atomic E-state index is 5.99. The van der Waals surface area contributed by atoms with Gasteiger partial charge in [0.1, 0.15) is 0 Å². The lowest BCUT2D eigenvalue weighted by Crippen LogP contribution is -1.89. The molecular formula is C21H16ClN. The number of fused-ring (bicyclic) bond motifs is 1. The quantitative estimate of drug-likeness (QED) is 0.412. The van der Waals surface area contributed by atoms with Crippen molar-refractivity contribution in [1.29, 1.82) is 0 Å². The number of halogens is 1. The lowest BCUT2D eigenvalue weighted by molar-refractivity contribution is 1.20. The van der Waals surface area contributed by atoms with Gasteiger partial charge in [-0.2, -0.15) is 0 Å². The van der Waals surface area contributed by atoms with Crippen LogP contribution in [0.15, 0.2) is 79.0 Å². The first kappa shape index (κ1) is 14.1. The molecule has 0 radical (unpaired) electrons. The molecule has 0 amide bonds. The molecule has 4 rings (SSSR count). The number of benzene rings is 2. The van der Waals surface area contributed by atoms with E-state index in [1.807, 2.05) is 12.1 Å². The Labute approximate surface area is 140 Å². The lowest BCUT2D eigenvalue weighted by atomic mass is 10.1.